The van der Waals surface area contributed by atoms with Crippen molar-refractivity contribution < 1.29 is 18.0 Å². The van der Waals surface area contributed by atoms with E-state index in [1.165, 1.54) is 0 Å². The molecule has 1 aliphatic rings. The van der Waals surface area contributed by atoms with Gasteiger partial charge in [0.15, 0.2) is 23.1 Å². The second-order valence-corrected chi connectivity index (χ2v) is 5.21. The van der Waals surface area contributed by atoms with Gasteiger partial charge in [-0.05, 0) is 19.8 Å². The Labute approximate surface area is 114 Å². The molecule has 2 atom stereocenters. The molecule has 3 rings (SSSR count). The molecule has 1 aromatic heterocycles. The molecular formula is C14H14F2N2O2. The molecule has 2 heterocycles. The Morgan fingerprint density at radius 1 is 1.35 bits per heavy atom. The minimum absolute atomic E-state index is 0.0325. The maximum absolute atomic E-state index is 13.2. The van der Waals surface area contributed by atoms with Crippen LogP contribution < -0.4 is 0 Å². The Bertz CT molecular complexity index is 617. The first kappa shape index (κ1) is 13.0. The Morgan fingerprint density at radius 3 is 2.85 bits per heavy atom. The fourth-order valence-corrected chi connectivity index (χ4v) is 2.60. The summed E-state index contributed by atoms with van der Waals surface area (Å²) >= 11 is 0. The van der Waals surface area contributed by atoms with Crippen LogP contribution in [0.5, 0.6) is 0 Å². The molecule has 0 N–H and O–H groups in total. The number of fused-ring (bicyclic) bond motifs is 1. The lowest BCUT2D eigenvalue weighted by Gasteiger charge is -2.33. The third kappa shape index (κ3) is 2.15. The maximum atomic E-state index is 13.2. The summed E-state index contributed by atoms with van der Waals surface area (Å²) in [6.07, 6.45) is 2.51. The van der Waals surface area contributed by atoms with E-state index in [4.69, 9.17) is 4.42 Å². The molecule has 1 aliphatic heterocycles. The first-order chi connectivity index (χ1) is 9.58. The summed E-state index contributed by atoms with van der Waals surface area (Å²) in [5.74, 6) is -1.49. The number of carbonyl (C=O) groups excluding carboxylic acids is 1. The fraction of sp³-hybridized carbons (Fsp3) is 0.429. The molecule has 4 nitrogen and oxygen atoms in total. The Kier molecular flexibility index (Phi) is 3.16. The zero-order valence-corrected chi connectivity index (χ0v) is 11.0. The number of piperidine rings is 1. The topological polar surface area (TPSA) is 46.3 Å². The highest BCUT2D eigenvalue weighted by Crippen LogP contribution is 2.31. The smallest absolute Gasteiger partial charge is 0.209 e. The van der Waals surface area contributed by atoms with Gasteiger partial charge in [0.2, 0.25) is 6.41 Å². The number of carbonyl (C=O) groups is 1. The predicted molar refractivity (Wildman–Crippen MR) is 68.1 cm³/mol. The molecular weight excluding hydrogens is 266 g/mol. The monoisotopic (exact) mass is 280 g/mol. The molecule has 20 heavy (non-hydrogen) atoms. The second-order valence-electron chi connectivity index (χ2n) is 5.21. The summed E-state index contributed by atoms with van der Waals surface area (Å²) in [5.41, 5.74) is 0.533. The summed E-state index contributed by atoms with van der Waals surface area (Å²) in [6.45, 7) is 2.50. The van der Waals surface area contributed by atoms with Crippen LogP contribution in [0.1, 0.15) is 31.6 Å². The molecule has 6 heteroatoms. The van der Waals surface area contributed by atoms with Gasteiger partial charge in [-0.2, -0.15) is 0 Å². The number of benzene rings is 1. The van der Waals surface area contributed by atoms with E-state index < -0.39 is 11.6 Å². The Balaban J connectivity index is 1.92. The number of nitrogens with zero attached hydrogens (tertiary/aromatic N) is 2. The van der Waals surface area contributed by atoms with Crippen LogP contribution in [0.2, 0.25) is 0 Å². The molecule has 1 fully saturated rings. The molecule has 0 unspecified atom stereocenters. The van der Waals surface area contributed by atoms with Gasteiger partial charge in [-0.25, -0.2) is 13.8 Å². The van der Waals surface area contributed by atoms with Gasteiger partial charge in [0.25, 0.3) is 0 Å². The van der Waals surface area contributed by atoms with Gasteiger partial charge in [-0.15, -0.1) is 0 Å². The van der Waals surface area contributed by atoms with Gasteiger partial charge in [0.05, 0.1) is 5.92 Å². The molecule has 0 saturated carbocycles. The van der Waals surface area contributed by atoms with E-state index in [2.05, 4.69) is 4.98 Å². The van der Waals surface area contributed by atoms with E-state index in [0.29, 0.717) is 18.0 Å². The van der Waals surface area contributed by atoms with Crippen molar-refractivity contribution in [2.24, 2.45) is 0 Å². The minimum atomic E-state index is -0.952. The Hall–Kier alpha value is -1.98. The van der Waals surface area contributed by atoms with Crippen molar-refractivity contribution in [3.63, 3.8) is 0 Å². The summed E-state index contributed by atoms with van der Waals surface area (Å²) in [4.78, 5) is 16.9. The number of halogens is 2. The SMILES string of the molecule is C[C@@H]1CC[C@@H](c2nc3cc(F)c(F)cc3o2)CN1C=O. The van der Waals surface area contributed by atoms with Crippen LogP contribution in [0, 0.1) is 11.6 Å². The number of likely N-dealkylation sites (tertiary alicyclic amines) is 1. The fourth-order valence-electron chi connectivity index (χ4n) is 2.60. The minimum Gasteiger partial charge on any atom is -0.440 e. The van der Waals surface area contributed by atoms with Gasteiger partial charge in [-0.3, -0.25) is 4.79 Å². The highest BCUT2D eigenvalue weighted by molar-refractivity contribution is 5.72. The summed E-state index contributed by atoms with van der Waals surface area (Å²) in [5, 5.41) is 0. The highest BCUT2D eigenvalue weighted by atomic mass is 19.2. The predicted octanol–water partition coefficient (Wildman–Crippen LogP) is 2.83. The average molecular weight is 280 g/mol. The normalized spacial score (nSPS) is 23.2. The third-order valence-electron chi connectivity index (χ3n) is 3.86. The zero-order chi connectivity index (χ0) is 14.3. The zero-order valence-electron chi connectivity index (χ0n) is 11.0. The van der Waals surface area contributed by atoms with E-state index in [1.54, 1.807) is 4.90 Å². The van der Waals surface area contributed by atoms with Gasteiger partial charge in [0, 0.05) is 24.7 Å². The second kappa shape index (κ2) is 4.85. The van der Waals surface area contributed by atoms with Crippen LogP contribution in [-0.2, 0) is 4.79 Å². The molecule has 106 valence electrons. The van der Waals surface area contributed by atoms with Crippen LogP contribution in [0.4, 0.5) is 8.78 Å². The average Bonchev–Trinajstić information content (AvgIpc) is 2.82. The van der Waals surface area contributed by atoms with Crippen molar-refractivity contribution in [3.8, 4) is 0 Å². The summed E-state index contributed by atoms with van der Waals surface area (Å²) in [7, 11) is 0. The highest BCUT2D eigenvalue weighted by Gasteiger charge is 2.28. The van der Waals surface area contributed by atoms with Crippen LogP contribution in [-0.4, -0.2) is 28.9 Å². The standard InChI is InChI=1S/C14H14F2N2O2/c1-8-2-3-9(6-18(8)7-19)14-17-12-4-10(15)11(16)5-13(12)20-14/h4-5,7-9H,2-3,6H2,1H3/t8-,9-/m1/s1. The van der Waals surface area contributed by atoms with E-state index in [1.807, 2.05) is 6.92 Å². The summed E-state index contributed by atoms with van der Waals surface area (Å²) < 4.78 is 31.8. The molecule has 0 bridgehead atoms. The first-order valence-corrected chi connectivity index (χ1v) is 6.55. The molecule has 0 spiro atoms. The third-order valence-corrected chi connectivity index (χ3v) is 3.86. The van der Waals surface area contributed by atoms with Crippen molar-refractivity contribution in [1.82, 2.24) is 9.88 Å². The van der Waals surface area contributed by atoms with Crippen molar-refractivity contribution in [2.45, 2.75) is 31.7 Å². The largest absolute Gasteiger partial charge is 0.440 e. The first-order valence-electron chi connectivity index (χ1n) is 6.55. The number of amides is 1. The van der Waals surface area contributed by atoms with Gasteiger partial charge >= 0.3 is 0 Å². The van der Waals surface area contributed by atoms with Crippen molar-refractivity contribution in [1.29, 1.82) is 0 Å². The van der Waals surface area contributed by atoms with Crippen molar-refractivity contribution >= 4 is 17.5 Å². The van der Waals surface area contributed by atoms with Crippen molar-refractivity contribution in [2.75, 3.05) is 6.54 Å². The lowest BCUT2D eigenvalue weighted by atomic mass is 9.94. The summed E-state index contributed by atoms with van der Waals surface area (Å²) in [6, 6.07) is 2.23. The van der Waals surface area contributed by atoms with E-state index >= 15 is 0 Å². The van der Waals surface area contributed by atoms with Gasteiger partial charge < -0.3 is 9.32 Å². The number of aromatic nitrogens is 1. The molecule has 0 radical (unpaired) electrons. The number of rotatable bonds is 2. The van der Waals surface area contributed by atoms with Crippen LogP contribution >= 0.6 is 0 Å². The van der Waals surface area contributed by atoms with E-state index in [9.17, 15) is 13.6 Å². The molecule has 1 amide bonds. The molecule has 2 aromatic rings. The Morgan fingerprint density at radius 2 is 2.10 bits per heavy atom. The quantitative estimate of drug-likeness (QED) is 0.795. The van der Waals surface area contributed by atoms with Crippen LogP contribution in [0.3, 0.4) is 0 Å². The van der Waals surface area contributed by atoms with Crippen molar-refractivity contribution in [3.05, 3.63) is 29.7 Å². The molecule has 0 aliphatic carbocycles. The lowest BCUT2D eigenvalue weighted by molar-refractivity contribution is -0.121. The van der Waals surface area contributed by atoms with Crippen LogP contribution in [0.25, 0.3) is 11.1 Å². The number of hydrogen-bond donors (Lipinski definition) is 0. The van der Waals surface area contributed by atoms with E-state index in [0.717, 1.165) is 31.4 Å². The van der Waals surface area contributed by atoms with Gasteiger partial charge in [0.1, 0.15) is 5.52 Å². The van der Waals surface area contributed by atoms with Gasteiger partial charge in [-0.1, -0.05) is 0 Å². The number of oxazole rings is 1. The maximum Gasteiger partial charge on any atom is 0.209 e. The van der Waals surface area contributed by atoms with E-state index in [-0.39, 0.29) is 17.5 Å². The lowest BCUT2D eigenvalue weighted by Crippen LogP contribution is -2.39. The molecule has 1 aromatic carbocycles. The molecule has 1 saturated heterocycles. The van der Waals surface area contributed by atoms with Crippen LogP contribution in [0.15, 0.2) is 16.5 Å². The number of hydrogen-bond acceptors (Lipinski definition) is 3.